The Labute approximate surface area is 120 Å². The molecule has 0 spiro atoms. The van der Waals surface area contributed by atoms with Gasteiger partial charge in [0.2, 0.25) is 0 Å². The van der Waals surface area contributed by atoms with Gasteiger partial charge in [-0.15, -0.1) is 0 Å². The molecule has 19 heavy (non-hydrogen) atoms. The molecular weight excluding hydrogens is 260 g/mol. The van der Waals surface area contributed by atoms with Crippen molar-refractivity contribution in [2.45, 2.75) is 25.8 Å². The van der Waals surface area contributed by atoms with Gasteiger partial charge in [0.15, 0.2) is 0 Å². The van der Waals surface area contributed by atoms with Gasteiger partial charge in [-0.05, 0) is 49.6 Å². The molecule has 1 aromatic rings. The lowest BCUT2D eigenvalue weighted by molar-refractivity contribution is 0.103. The summed E-state index contributed by atoms with van der Waals surface area (Å²) >= 11 is 5.84. The Morgan fingerprint density at radius 1 is 1.37 bits per heavy atom. The summed E-state index contributed by atoms with van der Waals surface area (Å²) in [5.74, 6) is 1.67. The number of piperidine rings is 1. The Morgan fingerprint density at radius 3 is 2.79 bits per heavy atom. The summed E-state index contributed by atoms with van der Waals surface area (Å²) < 4.78 is 5.74. The standard InChI is InChI=1S/C15H23ClN2O/c1-12-6-7-18(14(10-12)11-17)8-9-19-15-4-2-13(16)3-5-15/h2-5,12,14H,6-11,17H2,1H3. The van der Waals surface area contributed by atoms with Crippen molar-refractivity contribution in [1.29, 1.82) is 0 Å². The summed E-state index contributed by atoms with van der Waals surface area (Å²) in [6.07, 6.45) is 2.47. The maximum Gasteiger partial charge on any atom is 0.119 e. The van der Waals surface area contributed by atoms with E-state index in [2.05, 4.69) is 11.8 Å². The summed E-state index contributed by atoms with van der Waals surface area (Å²) in [5, 5.41) is 0.737. The predicted octanol–water partition coefficient (Wildman–Crippen LogP) is 2.78. The van der Waals surface area contributed by atoms with Crippen molar-refractivity contribution in [2.24, 2.45) is 11.7 Å². The topological polar surface area (TPSA) is 38.5 Å². The SMILES string of the molecule is CC1CCN(CCOc2ccc(Cl)cc2)C(CN)C1. The van der Waals surface area contributed by atoms with Gasteiger partial charge in [-0.25, -0.2) is 0 Å². The maximum absolute atomic E-state index is 5.86. The third kappa shape index (κ3) is 4.37. The number of nitrogens with zero attached hydrogens (tertiary/aromatic N) is 1. The molecule has 1 aromatic carbocycles. The number of nitrogens with two attached hydrogens (primary N) is 1. The molecule has 0 amide bonds. The maximum atomic E-state index is 5.86. The zero-order valence-corrected chi connectivity index (χ0v) is 12.3. The van der Waals surface area contributed by atoms with Crippen molar-refractivity contribution in [3.8, 4) is 5.75 Å². The van der Waals surface area contributed by atoms with E-state index >= 15 is 0 Å². The molecule has 1 heterocycles. The first-order valence-electron chi connectivity index (χ1n) is 7.01. The molecule has 1 aliphatic rings. The molecule has 1 saturated heterocycles. The molecule has 0 aliphatic carbocycles. The Morgan fingerprint density at radius 2 is 2.11 bits per heavy atom. The fourth-order valence-electron chi connectivity index (χ4n) is 2.65. The van der Waals surface area contributed by atoms with Gasteiger partial charge >= 0.3 is 0 Å². The first-order chi connectivity index (χ1) is 9.19. The molecule has 0 bridgehead atoms. The van der Waals surface area contributed by atoms with Crippen LogP contribution in [0.3, 0.4) is 0 Å². The fourth-order valence-corrected chi connectivity index (χ4v) is 2.78. The van der Waals surface area contributed by atoms with Crippen molar-refractivity contribution >= 4 is 11.6 Å². The highest BCUT2D eigenvalue weighted by Crippen LogP contribution is 2.21. The van der Waals surface area contributed by atoms with Crippen LogP contribution in [-0.4, -0.2) is 37.2 Å². The second-order valence-corrected chi connectivity index (χ2v) is 5.79. The third-order valence-electron chi connectivity index (χ3n) is 3.83. The van der Waals surface area contributed by atoms with E-state index in [1.807, 2.05) is 24.3 Å². The minimum absolute atomic E-state index is 0.512. The van der Waals surface area contributed by atoms with Crippen molar-refractivity contribution in [3.63, 3.8) is 0 Å². The lowest BCUT2D eigenvalue weighted by Gasteiger charge is -2.37. The zero-order chi connectivity index (χ0) is 13.7. The number of hydrogen-bond donors (Lipinski definition) is 1. The zero-order valence-electron chi connectivity index (χ0n) is 11.5. The second kappa shape index (κ2) is 7.13. The Kier molecular flexibility index (Phi) is 5.49. The van der Waals surface area contributed by atoms with Crippen LogP contribution in [0.25, 0.3) is 0 Å². The van der Waals surface area contributed by atoms with Crippen LogP contribution in [0.2, 0.25) is 5.02 Å². The quantitative estimate of drug-likeness (QED) is 0.902. The highest BCUT2D eigenvalue weighted by Gasteiger charge is 2.24. The molecule has 106 valence electrons. The average Bonchev–Trinajstić information content (AvgIpc) is 2.42. The van der Waals surface area contributed by atoms with Crippen LogP contribution in [0.1, 0.15) is 19.8 Å². The number of hydrogen-bond acceptors (Lipinski definition) is 3. The smallest absolute Gasteiger partial charge is 0.119 e. The minimum atomic E-state index is 0.512. The number of likely N-dealkylation sites (tertiary alicyclic amines) is 1. The van der Waals surface area contributed by atoms with Gasteiger partial charge in [0.1, 0.15) is 12.4 Å². The van der Waals surface area contributed by atoms with E-state index in [-0.39, 0.29) is 0 Å². The summed E-state index contributed by atoms with van der Waals surface area (Å²) in [6, 6.07) is 8.02. The van der Waals surface area contributed by atoms with Crippen LogP contribution >= 0.6 is 11.6 Å². The fraction of sp³-hybridized carbons (Fsp3) is 0.600. The molecule has 0 radical (unpaired) electrons. The van der Waals surface area contributed by atoms with Gasteiger partial charge in [-0.2, -0.15) is 0 Å². The molecule has 1 fully saturated rings. The van der Waals surface area contributed by atoms with Gasteiger partial charge in [0, 0.05) is 24.2 Å². The van der Waals surface area contributed by atoms with E-state index in [9.17, 15) is 0 Å². The highest BCUT2D eigenvalue weighted by atomic mass is 35.5. The molecule has 3 nitrogen and oxygen atoms in total. The highest BCUT2D eigenvalue weighted by molar-refractivity contribution is 6.30. The van der Waals surface area contributed by atoms with E-state index in [0.29, 0.717) is 12.6 Å². The largest absolute Gasteiger partial charge is 0.492 e. The Hall–Kier alpha value is -0.770. The number of halogens is 1. The summed E-state index contributed by atoms with van der Waals surface area (Å²) in [7, 11) is 0. The second-order valence-electron chi connectivity index (χ2n) is 5.36. The number of benzene rings is 1. The summed E-state index contributed by atoms with van der Waals surface area (Å²) in [6.45, 7) is 5.83. The van der Waals surface area contributed by atoms with Crippen LogP contribution in [0, 0.1) is 5.92 Å². The first-order valence-corrected chi connectivity index (χ1v) is 7.39. The molecule has 2 atom stereocenters. The van der Waals surface area contributed by atoms with Gasteiger partial charge in [-0.1, -0.05) is 18.5 Å². The van der Waals surface area contributed by atoms with Crippen LogP contribution in [0.4, 0.5) is 0 Å². The van der Waals surface area contributed by atoms with Crippen LogP contribution in [0.5, 0.6) is 5.75 Å². The minimum Gasteiger partial charge on any atom is -0.492 e. The molecular formula is C15H23ClN2O. The van der Waals surface area contributed by atoms with Gasteiger partial charge in [0.25, 0.3) is 0 Å². The monoisotopic (exact) mass is 282 g/mol. The van der Waals surface area contributed by atoms with Gasteiger partial charge in [-0.3, -0.25) is 4.90 Å². The van der Waals surface area contributed by atoms with Crippen LogP contribution in [-0.2, 0) is 0 Å². The predicted molar refractivity (Wildman–Crippen MR) is 79.8 cm³/mol. The van der Waals surface area contributed by atoms with Crippen molar-refractivity contribution in [3.05, 3.63) is 29.3 Å². The molecule has 0 saturated carbocycles. The van der Waals surface area contributed by atoms with E-state index in [4.69, 9.17) is 22.1 Å². The van der Waals surface area contributed by atoms with E-state index in [0.717, 1.165) is 36.3 Å². The summed E-state index contributed by atoms with van der Waals surface area (Å²) in [5.41, 5.74) is 5.86. The first kappa shape index (κ1) is 14.6. The Balaban J connectivity index is 1.77. The van der Waals surface area contributed by atoms with Crippen molar-refractivity contribution in [2.75, 3.05) is 26.2 Å². The van der Waals surface area contributed by atoms with Crippen molar-refractivity contribution in [1.82, 2.24) is 4.90 Å². The normalized spacial score (nSPS) is 24.4. The Bertz CT molecular complexity index is 382. The summed E-state index contributed by atoms with van der Waals surface area (Å²) in [4.78, 5) is 2.45. The molecule has 2 N–H and O–H groups in total. The van der Waals surface area contributed by atoms with Gasteiger partial charge < -0.3 is 10.5 Å². The number of ether oxygens (including phenoxy) is 1. The van der Waals surface area contributed by atoms with E-state index in [1.165, 1.54) is 12.8 Å². The van der Waals surface area contributed by atoms with Crippen molar-refractivity contribution < 1.29 is 4.74 Å². The molecule has 4 heteroatoms. The number of rotatable bonds is 5. The van der Waals surface area contributed by atoms with Crippen LogP contribution < -0.4 is 10.5 Å². The molecule has 2 rings (SSSR count). The van der Waals surface area contributed by atoms with Gasteiger partial charge in [0.05, 0.1) is 0 Å². The lowest BCUT2D eigenvalue weighted by Crippen LogP contribution is -2.47. The molecule has 0 aromatic heterocycles. The lowest BCUT2D eigenvalue weighted by atomic mass is 9.92. The average molecular weight is 283 g/mol. The molecule has 1 aliphatic heterocycles. The van der Waals surface area contributed by atoms with E-state index in [1.54, 1.807) is 0 Å². The van der Waals surface area contributed by atoms with E-state index < -0.39 is 0 Å². The molecule has 2 unspecified atom stereocenters. The third-order valence-corrected chi connectivity index (χ3v) is 4.08. The van der Waals surface area contributed by atoms with Crippen LogP contribution in [0.15, 0.2) is 24.3 Å².